The molecule has 1 rings (SSSR count). The van der Waals surface area contributed by atoms with Gasteiger partial charge in [0.05, 0.1) is 11.6 Å². The molecule has 0 saturated carbocycles. The lowest BCUT2D eigenvalue weighted by Gasteiger charge is -2.09. The van der Waals surface area contributed by atoms with E-state index in [1.807, 2.05) is 12.0 Å². The lowest BCUT2D eigenvalue weighted by Crippen LogP contribution is -1.94. The molecule has 0 aromatic carbocycles. The average molecular weight is 215 g/mol. The second-order valence-electron chi connectivity index (χ2n) is 2.10. The number of hydrogen-bond acceptors (Lipinski definition) is 2. The first kappa shape index (κ1) is 8.31. The van der Waals surface area contributed by atoms with Crippen LogP contribution in [0, 0.1) is 0 Å². The third-order valence-electron chi connectivity index (χ3n) is 1.39. The molecule has 1 aliphatic carbocycles. The molecule has 0 spiro atoms. The van der Waals surface area contributed by atoms with Crippen molar-refractivity contribution in [1.82, 2.24) is 0 Å². The molecule has 0 amide bonds. The van der Waals surface area contributed by atoms with Crippen LogP contribution in [0.3, 0.4) is 0 Å². The first-order valence-corrected chi connectivity index (χ1v) is 3.93. The summed E-state index contributed by atoms with van der Waals surface area (Å²) in [5, 5.41) is 0. The fourth-order valence-electron chi connectivity index (χ4n) is 0.814. The van der Waals surface area contributed by atoms with E-state index >= 15 is 0 Å². The van der Waals surface area contributed by atoms with Crippen LogP contribution >= 0.6 is 15.9 Å². The Balaban J connectivity index is 2.95. The molecule has 0 saturated heterocycles. The smallest absolute Gasteiger partial charge is 0.133 e. The number of rotatable bonds is 1. The predicted molar refractivity (Wildman–Crippen MR) is 45.9 cm³/mol. The zero-order valence-corrected chi connectivity index (χ0v) is 7.64. The third-order valence-corrected chi connectivity index (χ3v) is 2.11. The Morgan fingerprint density at radius 3 is 3.00 bits per heavy atom. The molecule has 0 aromatic heterocycles. The number of carbonyl (C=O) groups excluding carboxylic acids is 1. The molecule has 2 nitrogen and oxygen atoms in total. The van der Waals surface area contributed by atoms with Gasteiger partial charge in [-0.25, -0.2) is 4.79 Å². The lowest BCUT2D eigenvalue weighted by atomic mass is 10.1. The molecule has 1 aliphatic rings. The number of hydrogen-bond donors (Lipinski definition) is 0. The summed E-state index contributed by atoms with van der Waals surface area (Å²) in [7, 11) is 1.56. The van der Waals surface area contributed by atoms with Gasteiger partial charge in [0, 0.05) is 12.0 Å². The van der Waals surface area contributed by atoms with Gasteiger partial charge in [-0.2, -0.15) is 0 Å². The molecule has 0 aliphatic heterocycles. The normalized spacial score (nSPS) is 16.7. The second kappa shape index (κ2) is 3.56. The van der Waals surface area contributed by atoms with Gasteiger partial charge in [0.2, 0.25) is 0 Å². The molecule has 0 atom stereocenters. The van der Waals surface area contributed by atoms with Crippen molar-refractivity contribution in [1.29, 1.82) is 0 Å². The molecule has 0 bridgehead atoms. The Hall–Kier alpha value is -0.790. The van der Waals surface area contributed by atoms with Gasteiger partial charge < -0.3 is 4.74 Å². The van der Waals surface area contributed by atoms with Crippen molar-refractivity contribution in [3.05, 3.63) is 28.0 Å². The molecule has 0 heterocycles. The Morgan fingerprint density at radius 1 is 1.73 bits per heavy atom. The van der Waals surface area contributed by atoms with Gasteiger partial charge in [-0.15, -0.1) is 0 Å². The highest BCUT2D eigenvalue weighted by molar-refractivity contribution is 9.11. The van der Waals surface area contributed by atoms with Crippen LogP contribution in [-0.4, -0.2) is 13.1 Å². The molecular weight excluding hydrogens is 208 g/mol. The van der Waals surface area contributed by atoms with E-state index in [2.05, 4.69) is 15.9 Å². The highest BCUT2D eigenvalue weighted by Crippen LogP contribution is 2.25. The van der Waals surface area contributed by atoms with Crippen LogP contribution < -0.4 is 0 Å². The summed E-state index contributed by atoms with van der Waals surface area (Å²) in [5.74, 6) is 2.51. The van der Waals surface area contributed by atoms with E-state index in [1.54, 1.807) is 13.2 Å². The summed E-state index contributed by atoms with van der Waals surface area (Å²) in [6.07, 6.45) is 4.17. The molecule has 0 unspecified atom stereocenters. The van der Waals surface area contributed by atoms with Gasteiger partial charge in [-0.05, 0) is 22.0 Å². The first-order chi connectivity index (χ1) is 5.27. The van der Waals surface area contributed by atoms with Crippen LogP contribution in [0.15, 0.2) is 28.0 Å². The monoisotopic (exact) mass is 214 g/mol. The quantitative estimate of drug-likeness (QED) is 0.625. The van der Waals surface area contributed by atoms with Crippen LogP contribution in [0.5, 0.6) is 0 Å². The molecule has 0 fully saturated rings. The van der Waals surface area contributed by atoms with Crippen LogP contribution in [0.4, 0.5) is 0 Å². The van der Waals surface area contributed by atoms with E-state index in [1.165, 1.54) is 0 Å². The number of allylic oxidation sites excluding steroid dienone is 4. The van der Waals surface area contributed by atoms with Gasteiger partial charge in [0.25, 0.3) is 0 Å². The fraction of sp³-hybridized carbons (Fsp3) is 0.250. The summed E-state index contributed by atoms with van der Waals surface area (Å²) < 4.78 is 5.87. The van der Waals surface area contributed by atoms with Crippen molar-refractivity contribution in [3.8, 4) is 0 Å². The van der Waals surface area contributed by atoms with Gasteiger partial charge in [-0.3, -0.25) is 0 Å². The molecule has 58 valence electrons. The van der Waals surface area contributed by atoms with Crippen LogP contribution in [0.2, 0.25) is 0 Å². The number of methoxy groups -OCH3 is 1. The van der Waals surface area contributed by atoms with E-state index in [-0.39, 0.29) is 0 Å². The highest BCUT2D eigenvalue weighted by Gasteiger charge is 2.08. The lowest BCUT2D eigenvalue weighted by molar-refractivity contribution is 0.304. The standard InChI is InChI=1S/C8H7BrO2/c1-11-8-4-6(5-10)2-3-7(8)9/h3-4H,2H2,1H3. The van der Waals surface area contributed by atoms with Crippen molar-refractivity contribution in [2.24, 2.45) is 0 Å². The minimum absolute atomic E-state index is 0.616. The molecule has 11 heavy (non-hydrogen) atoms. The molecular formula is C8H7BrO2. The molecule has 0 radical (unpaired) electrons. The van der Waals surface area contributed by atoms with E-state index in [0.717, 1.165) is 4.48 Å². The van der Waals surface area contributed by atoms with Gasteiger partial charge in [-0.1, -0.05) is 6.08 Å². The molecule has 0 aromatic rings. The Bertz CT molecular complexity index is 270. The maximum atomic E-state index is 10.2. The van der Waals surface area contributed by atoms with E-state index < -0.39 is 0 Å². The zero-order chi connectivity index (χ0) is 8.27. The van der Waals surface area contributed by atoms with Crippen molar-refractivity contribution < 1.29 is 9.53 Å². The predicted octanol–water partition coefficient (Wildman–Crippen LogP) is 1.96. The van der Waals surface area contributed by atoms with Gasteiger partial charge in [0.15, 0.2) is 0 Å². The van der Waals surface area contributed by atoms with Crippen molar-refractivity contribution >= 4 is 21.9 Å². The van der Waals surface area contributed by atoms with Crippen LogP contribution in [0.1, 0.15) is 6.42 Å². The summed E-state index contributed by atoms with van der Waals surface area (Å²) in [4.78, 5) is 10.2. The van der Waals surface area contributed by atoms with Crippen molar-refractivity contribution in [2.75, 3.05) is 7.11 Å². The topological polar surface area (TPSA) is 26.3 Å². The maximum absolute atomic E-state index is 10.2. The minimum atomic E-state index is 0.616. The SMILES string of the molecule is COC1=CC(=C=O)CC=C1Br. The molecule has 3 heteroatoms. The third kappa shape index (κ3) is 1.82. The molecule has 0 N–H and O–H groups in total. The summed E-state index contributed by atoms with van der Waals surface area (Å²) in [5.41, 5.74) is 0.616. The summed E-state index contributed by atoms with van der Waals surface area (Å²) in [6, 6.07) is 0. The average Bonchev–Trinajstić information content (AvgIpc) is 2.05. The van der Waals surface area contributed by atoms with E-state index in [0.29, 0.717) is 17.8 Å². The maximum Gasteiger partial charge on any atom is 0.133 e. The van der Waals surface area contributed by atoms with Crippen LogP contribution in [0.25, 0.3) is 0 Å². The Labute approximate surface area is 73.4 Å². The first-order valence-electron chi connectivity index (χ1n) is 3.13. The summed E-state index contributed by atoms with van der Waals surface area (Å²) in [6.45, 7) is 0. The van der Waals surface area contributed by atoms with E-state index in [9.17, 15) is 4.79 Å². The Kier molecular flexibility index (Phi) is 2.69. The number of halogens is 1. The Morgan fingerprint density at radius 2 is 2.45 bits per heavy atom. The second-order valence-corrected chi connectivity index (χ2v) is 2.95. The number of ether oxygens (including phenoxy) is 1. The van der Waals surface area contributed by atoms with Gasteiger partial charge >= 0.3 is 0 Å². The van der Waals surface area contributed by atoms with Crippen molar-refractivity contribution in [3.63, 3.8) is 0 Å². The van der Waals surface area contributed by atoms with Crippen molar-refractivity contribution in [2.45, 2.75) is 6.42 Å². The summed E-state index contributed by atoms with van der Waals surface area (Å²) >= 11 is 3.30. The van der Waals surface area contributed by atoms with Gasteiger partial charge in [0.1, 0.15) is 11.7 Å². The minimum Gasteiger partial charge on any atom is -0.496 e. The van der Waals surface area contributed by atoms with Crippen LogP contribution in [-0.2, 0) is 9.53 Å². The fourth-order valence-corrected chi connectivity index (χ4v) is 1.25. The highest BCUT2D eigenvalue weighted by atomic mass is 79.9. The largest absolute Gasteiger partial charge is 0.496 e. The van der Waals surface area contributed by atoms with E-state index in [4.69, 9.17) is 4.74 Å². The zero-order valence-electron chi connectivity index (χ0n) is 6.06.